The van der Waals surface area contributed by atoms with Gasteiger partial charge in [-0.05, 0) is 12.1 Å². The maximum absolute atomic E-state index is 13.3. The van der Waals surface area contributed by atoms with E-state index in [-0.39, 0.29) is 5.56 Å². The van der Waals surface area contributed by atoms with E-state index in [1.807, 2.05) is 0 Å². The molecule has 0 saturated carbocycles. The van der Waals surface area contributed by atoms with Crippen LogP contribution in [0.15, 0.2) is 43.0 Å². The number of hydrogen-bond acceptors (Lipinski definition) is 3. The quantitative estimate of drug-likeness (QED) is 0.809. The molecule has 0 spiro atoms. The van der Waals surface area contributed by atoms with Crippen LogP contribution in [0.5, 0.6) is 0 Å². The molecule has 0 bridgehead atoms. The topological polar surface area (TPSA) is 46.0 Å². The standard InChI is InChI=1S/C11H9FN2O/c12-10-7-14-5-3-9(10)11(15)8-2-1-4-13-6-8/h1-7,11,15H. The molecule has 0 amide bonds. The van der Waals surface area contributed by atoms with Crippen LogP contribution in [0.2, 0.25) is 0 Å². The number of rotatable bonds is 2. The predicted octanol–water partition coefficient (Wildman–Crippen LogP) is 1.70. The first-order chi connectivity index (χ1) is 7.29. The second-order valence-corrected chi connectivity index (χ2v) is 3.09. The predicted molar refractivity (Wildman–Crippen MR) is 52.5 cm³/mol. The minimum absolute atomic E-state index is 0.206. The van der Waals surface area contributed by atoms with E-state index in [2.05, 4.69) is 9.97 Å². The summed E-state index contributed by atoms with van der Waals surface area (Å²) in [5.41, 5.74) is 0.764. The van der Waals surface area contributed by atoms with E-state index in [9.17, 15) is 9.50 Å². The van der Waals surface area contributed by atoms with Crippen molar-refractivity contribution in [3.63, 3.8) is 0 Å². The highest BCUT2D eigenvalue weighted by Gasteiger charge is 2.14. The van der Waals surface area contributed by atoms with Gasteiger partial charge in [-0.2, -0.15) is 0 Å². The van der Waals surface area contributed by atoms with Crippen molar-refractivity contribution in [3.05, 3.63) is 59.9 Å². The number of pyridine rings is 2. The van der Waals surface area contributed by atoms with Gasteiger partial charge in [-0.1, -0.05) is 6.07 Å². The Morgan fingerprint density at radius 1 is 1.13 bits per heavy atom. The first-order valence-corrected chi connectivity index (χ1v) is 4.46. The van der Waals surface area contributed by atoms with Crippen molar-refractivity contribution in [2.45, 2.75) is 6.10 Å². The van der Waals surface area contributed by atoms with E-state index in [1.54, 1.807) is 18.3 Å². The molecule has 1 unspecified atom stereocenters. The zero-order valence-electron chi connectivity index (χ0n) is 7.84. The highest BCUT2D eigenvalue weighted by atomic mass is 19.1. The molecule has 1 atom stereocenters. The van der Waals surface area contributed by atoms with Crippen molar-refractivity contribution in [2.75, 3.05) is 0 Å². The summed E-state index contributed by atoms with van der Waals surface area (Å²) in [6, 6.07) is 4.84. The normalized spacial score (nSPS) is 12.4. The van der Waals surface area contributed by atoms with Gasteiger partial charge in [-0.25, -0.2) is 4.39 Å². The molecule has 2 aromatic rings. The summed E-state index contributed by atoms with van der Waals surface area (Å²) in [6.07, 6.45) is 4.62. The van der Waals surface area contributed by atoms with E-state index in [0.29, 0.717) is 5.56 Å². The van der Waals surface area contributed by atoms with Crippen molar-refractivity contribution in [1.82, 2.24) is 9.97 Å². The third-order valence-electron chi connectivity index (χ3n) is 2.10. The first kappa shape index (κ1) is 9.73. The van der Waals surface area contributed by atoms with Crippen molar-refractivity contribution in [1.29, 1.82) is 0 Å². The molecule has 76 valence electrons. The Kier molecular flexibility index (Phi) is 2.69. The summed E-state index contributed by atoms with van der Waals surface area (Å²) in [5.74, 6) is -0.520. The summed E-state index contributed by atoms with van der Waals surface area (Å²) in [4.78, 5) is 7.48. The first-order valence-electron chi connectivity index (χ1n) is 4.46. The summed E-state index contributed by atoms with van der Waals surface area (Å²) in [6.45, 7) is 0. The number of aliphatic hydroxyl groups is 1. The lowest BCUT2D eigenvalue weighted by Crippen LogP contribution is -2.03. The van der Waals surface area contributed by atoms with Crippen LogP contribution < -0.4 is 0 Å². The van der Waals surface area contributed by atoms with E-state index in [4.69, 9.17) is 0 Å². The van der Waals surface area contributed by atoms with Crippen LogP contribution >= 0.6 is 0 Å². The van der Waals surface area contributed by atoms with Crippen LogP contribution in [0.3, 0.4) is 0 Å². The van der Waals surface area contributed by atoms with Crippen LogP contribution in [-0.4, -0.2) is 15.1 Å². The summed E-state index contributed by atoms with van der Waals surface area (Å²) >= 11 is 0. The summed E-state index contributed by atoms with van der Waals surface area (Å²) in [5, 5.41) is 9.86. The Morgan fingerprint density at radius 2 is 1.93 bits per heavy atom. The van der Waals surface area contributed by atoms with Gasteiger partial charge in [-0.15, -0.1) is 0 Å². The third-order valence-corrected chi connectivity index (χ3v) is 2.10. The molecule has 2 heterocycles. The second-order valence-electron chi connectivity index (χ2n) is 3.09. The minimum Gasteiger partial charge on any atom is -0.383 e. The van der Waals surface area contributed by atoms with E-state index < -0.39 is 11.9 Å². The largest absolute Gasteiger partial charge is 0.383 e. The maximum atomic E-state index is 13.3. The molecule has 0 aliphatic carbocycles. The Balaban J connectivity index is 2.37. The zero-order valence-corrected chi connectivity index (χ0v) is 7.84. The van der Waals surface area contributed by atoms with Crippen LogP contribution in [0.25, 0.3) is 0 Å². The van der Waals surface area contributed by atoms with Crippen LogP contribution in [0, 0.1) is 5.82 Å². The number of aliphatic hydroxyl groups excluding tert-OH is 1. The fourth-order valence-corrected chi connectivity index (χ4v) is 1.32. The number of hydrogen-bond donors (Lipinski definition) is 1. The van der Waals surface area contributed by atoms with Crippen LogP contribution in [0.1, 0.15) is 17.2 Å². The SMILES string of the molecule is OC(c1cccnc1)c1ccncc1F. The molecule has 4 heteroatoms. The van der Waals surface area contributed by atoms with Crippen LogP contribution in [0.4, 0.5) is 4.39 Å². The highest BCUT2D eigenvalue weighted by Crippen LogP contribution is 2.22. The lowest BCUT2D eigenvalue weighted by Gasteiger charge is -2.10. The van der Waals surface area contributed by atoms with E-state index in [0.717, 1.165) is 6.20 Å². The van der Waals surface area contributed by atoms with Crippen molar-refractivity contribution >= 4 is 0 Å². The van der Waals surface area contributed by atoms with Crippen molar-refractivity contribution in [3.8, 4) is 0 Å². The second kappa shape index (κ2) is 4.14. The Morgan fingerprint density at radius 3 is 2.60 bits per heavy atom. The molecular formula is C11H9FN2O. The summed E-state index contributed by atoms with van der Waals surface area (Å²) in [7, 11) is 0. The summed E-state index contributed by atoms with van der Waals surface area (Å²) < 4.78 is 13.3. The van der Waals surface area contributed by atoms with Gasteiger partial charge in [0.15, 0.2) is 0 Å². The molecule has 1 N–H and O–H groups in total. The number of nitrogens with zero attached hydrogens (tertiary/aromatic N) is 2. The maximum Gasteiger partial charge on any atom is 0.147 e. The molecular weight excluding hydrogens is 195 g/mol. The average Bonchev–Trinajstić information content (AvgIpc) is 2.30. The molecule has 0 aliphatic rings. The molecule has 2 rings (SSSR count). The fourth-order valence-electron chi connectivity index (χ4n) is 1.32. The Labute approximate surface area is 86.3 Å². The smallest absolute Gasteiger partial charge is 0.147 e. The molecule has 0 radical (unpaired) electrons. The molecule has 15 heavy (non-hydrogen) atoms. The van der Waals surface area contributed by atoms with Gasteiger partial charge in [-0.3, -0.25) is 9.97 Å². The Bertz CT molecular complexity index is 447. The minimum atomic E-state index is -0.998. The van der Waals surface area contributed by atoms with Crippen LogP contribution in [-0.2, 0) is 0 Å². The molecule has 0 saturated heterocycles. The number of aromatic nitrogens is 2. The molecule has 3 nitrogen and oxygen atoms in total. The van der Waals surface area contributed by atoms with Gasteiger partial charge in [0.25, 0.3) is 0 Å². The van der Waals surface area contributed by atoms with Gasteiger partial charge >= 0.3 is 0 Å². The average molecular weight is 204 g/mol. The van der Waals surface area contributed by atoms with Gasteiger partial charge in [0.1, 0.15) is 11.9 Å². The van der Waals surface area contributed by atoms with Gasteiger partial charge in [0, 0.05) is 29.7 Å². The van der Waals surface area contributed by atoms with E-state index >= 15 is 0 Å². The van der Waals surface area contributed by atoms with Crippen molar-refractivity contribution < 1.29 is 9.50 Å². The lowest BCUT2D eigenvalue weighted by atomic mass is 10.0. The van der Waals surface area contributed by atoms with E-state index in [1.165, 1.54) is 18.5 Å². The van der Waals surface area contributed by atoms with Gasteiger partial charge in [0.2, 0.25) is 0 Å². The third kappa shape index (κ3) is 1.99. The zero-order chi connectivity index (χ0) is 10.7. The Hall–Kier alpha value is -1.81. The molecule has 0 fully saturated rings. The van der Waals surface area contributed by atoms with Gasteiger partial charge < -0.3 is 5.11 Å². The fraction of sp³-hybridized carbons (Fsp3) is 0.0909. The molecule has 2 aromatic heterocycles. The highest BCUT2D eigenvalue weighted by molar-refractivity contribution is 5.26. The lowest BCUT2D eigenvalue weighted by molar-refractivity contribution is 0.214. The monoisotopic (exact) mass is 204 g/mol. The number of halogens is 1. The van der Waals surface area contributed by atoms with Gasteiger partial charge in [0.05, 0.1) is 6.20 Å². The molecule has 0 aromatic carbocycles. The molecule has 0 aliphatic heterocycles. The van der Waals surface area contributed by atoms with Crippen molar-refractivity contribution in [2.24, 2.45) is 0 Å².